The average molecular weight is 233 g/mol. The van der Waals surface area contributed by atoms with Gasteiger partial charge in [-0.3, -0.25) is 5.10 Å². The molecule has 2 saturated carbocycles. The van der Waals surface area contributed by atoms with Crippen molar-refractivity contribution in [3.8, 4) is 0 Å². The number of hydrogen-bond donors (Lipinski definition) is 2. The predicted molar refractivity (Wildman–Crippen MR) is 68.6 cm³/mol. The highest BCUT2D eigenvalue weighted by atomic mass is 15.1. The first-order valence-electron chi connectivity index (χ1n) is 7.08. The summed E-state index contributed by atoms with van der Waals surface area (Å²) in [5.74, 6) is 0. The number of H-pyrrole nitrogens is 1. The Bertz CT molecular complexity index is 328. The maximum absolute atomic E-state index is 3.98. The molecule has 0 atom stereocenters. The second-order valence-corrected chi connectivity index (χ2v) is 5.94. The van der Waals surface area contributed by atoms with Gasteiger partial charge in [-0.25, -0.2) is 0 Å². The lowest BCUT2D eigenvalue weighted by molar-refractivity contribution is 0.168. The molecule has 94 valence electrons. The fraction of sp³-hybridized carbons (Fsp3) is 0.786. The first-order chi connectivity index (χ1) is 8.36. The van der Waals surface area contributed by atoms with Crippen molar-refractivity contribution in [1.82, 2.24) is 15.5 Å². The van der Waals surface area contributed by atoms with Gasteiger partial charge >= 0.3 is 0 Å². The third-order valence-corrected chi connectivity index (χ3v) is 4.85. The Morgan fingerprint density at radius 1 is 1.24 bits per heavy atom. The minimum absolute atomic E-state index is 0.726. The van der Waals surface area contributed by atoms with E-state index in [-0.39, 0.29) is 0 Å². The molecular weight excluding hydrogens is 210 g/mol. The quantitative estimate of drug-likeness (QED) is 0.842. The Balaban J connectivity index is 1.45. The predicted octanol–water partition coefficient (Wildman–Crippen LogP) is 3.00. The molecule has 1 spiro atoms. The van der Waals surface area contributed by atoms with Crippen molar-refractivity contribution in [3.63, 3.8) is 0 Å². The summed E-state index contributed by atoms with van der Waals surface area (Å²) < 4.78 is 0. The molecule has 3 rings (SSSR count). The summed E-state index contributed by atoms with van der Waals surface area (Å²) in [5, 5.41) is 10.7. The number of nitrogens with one attached hydrogen (secondary N) is 2. The first-order valence-corrected chi connectivity index (χ1v) is 7.08. The highest BCUT2D eigenvalue weighted by Gasteiger charge is 2.37. The van der Waals surface area contributed by atoms with Crippen LogP contribution in [0.3, 0.4) is 0 Å². The normalized spacial score (nSPS) is 24.5. The van der Waals surface area contributed by atoms with Gasteiger partial charge < -0.3 is 5.32 Å². The first kappa shape index (κ1) is 11.3. The van der Waals surface area contributed by atoms with Crippen molar-refractivity contribution >= 4 is 0 Å². The minimum atomic E-state index is 0.726. The van der Waals surface area contributed by atoms with Crippen molar-refractivity contribution in [3.05, 3.63) is 18.0 Å². The molecule has 0 aliphatic heterocycles. The summed E-state index contributed by atoms with van der Waals surface area (Å²) in [7, 11) is 0. The Hall–Kier alpha value is -0.830. The van der Waals surface area contributed by atoms with E-state index in [1.807, 2.05) is 12.3 Å². The number of nitrogens with zero attached hydrogens (tertiary/aromatic N) is 1. The highest BCUT2D eigenvalue weighted by molar-refractivity contribution is 4.98. The van der Waals surface area contributed by atoms with Crippen LogP contribution in [0.2, 0.25) is 0 Å². The Morgan fingerprint density at radius 3 is 2.65 bits per heavy atom. The minimum Gasteiger partial charge on any atom is -0.308 e. The average Bonchev–Trinajstić information content (AvgIpc) is 3.01. The van der Waals surface area contributed by atoms with E-state index in [0.29, 0.717) is 0 Å². The largest absolute Gasteiger partial charge is 0.308 e. The molecule has 2 aliphatic rings. The summed E-state index contributed by atoms with van der Waals surface area (Å²) in [5.41, 5.74) is 1.96. The van der Waals surface area contributed by atoms with E-state index in [1.54, 1.807) is 0 Å². The van der Waals surface area contributed by atoms with Crippen LogP contribution >= 0.6 is 0 Å². The molecule has 0 aromatic carbocycles. The van der Waals surface area contributed by atoms with Gasteiger partial charge in [-0.15, -0.1) is 0 Å². The van der Waals surface area contributed by atoms with Crippen LogP contribution in [0.15, 0.2) is 12.3 Å². The second kappa shape index (κ2) is 4.81. The molecule has 1 aromatic heterocycles. The summed E-state index contributed by atoms with van der Waals surface area (Å²) in [6.45, 7) is 0.942. The van der Waals surface area contributed by atoms with E-state index in [9.17, 15) is 0 Å². The summed E-state index contributed by atoms with van der Waals surface area (Å²) in [4.78, 5) is 0. The van der Waals surface area contributed by atoms with E-state index in [0.717, 1.165) is 18.0 Å². The van der Waals surface area contributed by atoms with Gasteiger partial charge in [-0.05, 0) is 50.0 Å². The van der Waals surface area contributed by atoms with Crippen LogP contribution < -0.4 is 5.32 Å². The molecule has 0 unspecified atom stereocenters. The van der Waals surface area contributed by atoms with Crippen molar-refractivity contribution in [2.75, 3.05) is 0 Å². The monoisotopic (exact) mass is 233 g/mol. The molecule has 0 bridgehead atoms. The van der Waals surface area contributed by atoms with Crippen molar-refractivity contribution in [2.24, 2.45) is 5.41 Å². The number of rotatable bonds is 3. The van der Waals surface area contributed by atoms with E-state index in [1.165, 1.54) is 57.1 Å². The van der Waals surface area contributed by atoms with Gasteiger partial charge in [0, 0.05) is 24.5 Å². The lowest BCUT2D eigenvalue weighted by Crippen LogP contribution is -2.36. The molecular formula is C14H23N3. The molecule has 2 aliphatic carbocycles. The van der Waals surface area contributed by atoms with Crippen LogP contribution in [0.5, 0.6) is 0 Å². The van der Waals surface area contributed by atoms with Crippen molar-refractivity contribution in [2.45, 2.75) is 64.0 Å². The molecule has 0 radical (unpaired) electrons. The zero-order valence-corrected chi connectivity index (χ0v) is 10.5. The topological polar surface area (TPSA) is 40.7 Å². The van der Waals surface area contributed by atoms with Crippen LogP contribution in [0.1, 0.15) is 57.1 Å². The van der Waals surface area contributed by atoms with Crippen LogP contribution in [0, 0.1) is 5.41 Å². The standard InChI is InChI=1S/C14H23N3/c1-2-7-14(6-1)8-3-12(4-9-14)15-11-13-5-10-16-17-13/h5,10,12,15H,1-4,6-9,11H2,(H,16,17). The molecule has 2 fully saturated rings. The van der Waals surface area contributed by atoms with E-state index >= 15 is 0 Å². The molecule has 1 heterocycles. The third kappa shape index (κ3) is 2.54. The van der Waals surface area contributed by atoms with E-state index in [4.69, 9.17) is 0 Å². The lowest BCUT2D eigenvalue weighted by atomic mass is 9.71. The van der Waals surface area contributed by atoms with Gasteiger partial charge in [-0.1, -0.05) is 12.8 Å². The molecule has 17 heavy (non-hydrogen) atoms. The van der Waals surface area contributed by atoms with Gasteiger partial charge in [0.15, 0.2) is 0 Å². The van der Waals surface area contributed by atoms with Gasteiger partial charge in [0.2, 0.25) is 0 Å². The van der Waals surface area contributed by atoms with Gasteiger partial charge in [0.1, 0.15) is 0 Å². The van der Waals surface area contributed by atoms with Gasteiger partial charge in [0.05, 0.1) is 0 Å². The number of aromatic amines is 1. The third-order valence-electron chi connectivity index (χ3n) is 4.85. The maximum atomic E-state index is 3.98. The summed E-state index contributed by atoms with van der Waals surface area (Å²) in [6.07, 6.45) is 13.4. The Morgan fingerprint density at radius 2 is 2.00 bits per heavy atom. The van der Waals surface area contributed by atoms with Crippen LogP contribution in [0.25, 0.3) is 0 Å². The van der Waals surface area contributed by atoms with Gasteiger partial charge in [-0.2, -0.15) is 5.10 Å². The lowest BCUT2D eigenvalue weighted by Gasteiger charge is -2.37. The molecule has 3 heteroatoms. The fourth-order valence-electron chi connectivity index (χ4n) is 3.70. The Labute approximate surface area is 103 Å². The van der Waals surface area contributed by atoms with Crippen molar-refractivity contribution in [1.29, 1.82) is 0 Å². The second-order valence-electron chi connectivity index (χ2n) is 5.94. The molecule has 2 N–H and O–H groups in total. The zero-order valence-electron chi connectivity index (χ0n) is 10.5. The smallest absolute Gasteiger partial charge is 0.0490 e. The summed E-state index contributed by atoms with van der Waals surface area (Å²) >= 11 is 0. The maximum Gasteiger partial charge on any atom is 0.0490 e. The molecule has 3 nitrogen and oxygen atoms in total. The molecule has 1 aromatic rings. The van der Waals surface area contributed by atoms with Crippen molar-refractivity contribution < 1.29 is 0 Å². The van der Waals surface area contributed by atoms with Crippen LogP contribution in [0.4, 0.5) is 0 Å². The van der Waals surface area contributed by atoms with Crippen LogP contribution in [-0.2, 0) is 6.54 Å². The SMILES string of the molecule is c1cc(CNC2CCC3(CCCC3)CC2)[nH]n1. The van der Waals surface area contributed by atoms with Crippen LogP contribution in [-0.4, -0.2) is 16.2 Å². The van der Waals surface area contributed by atoms with E-state index < -0.39 is 0 Å². The van der Waals surface area contributed by atoms with Gasteiger partial charge in [0.25, 0.3) is 0 Å². The summed E-state index contributed by atoms with van der Waals surface area (Å²) in [6, 6.07) is 2.78. The molecule has 0 saturated heterocycles. The molecule has 0 amide bonds. The zero-order chi connectivity index (χ0) is 11.6. The number of aromatic nitrogens is 2. The Kier molecular flexibility index (Phi) is 3.19. The highest BCUT2D eigenvalue weighted by Crippen LogP contribution is 2.48. The fourth-order valence-corrected chi connectivity index (χ4v) is 3.70. The number of hydrogen-bond acceptors (Lipinski definition) is 2. The van der Waals surface area contributed by atoms with E-state index in [2.05, 4.69) is 15.5 Å².